The molecule has 1 fully saturated rings. The summed E-state index contributed by atoms with van der Waals surface area (Å²) >= 11 is 0. The Hall–Kier alpha value is -2.08. The van der Waals surface area contributed by atoms with Gasteiger partial charge in [0.2, 0.25) is 0 Å². The van der Waals surface area contributed by atoms with E-state index in [4.69, 9.17) is 4.74 Å². The fourth-order valence-corrected chi connectivity index (χ4v) is 3.85. The van der Waals surface area contributed by atoms with Gasteiger partial charge < -0.3 is 4.74 Å². The Balaban J connectivity index is 1.87. The molecular formula is C18H20FNO3S. The number of nitrogens with one attached hydrogen (secondary N) is 1. The van der Waals surface area contributed by atoms with Gasteiger partial charge in [-0.1, -0.05) is 17.7 Å². The molecule has 24 heavy (non-hydrogen) atoms. The van der Waals surface area contributed by atoms with Crippen LogP contribution >= 0.6 is 0 Å². The summed E-state index contributed by atoms with van der Waals surface area (Å²) < 4.78 is 47.0. The average molecular weight is 349 g/mol. The maximum absolute atomic E-state index is 13.6. The molecule has 6 heteroatoms. The van der Waals surface area contributed by atoms with Crippen LogP contribution in [0.25, 0.3) is 0 Å². The molecule has 3 rings (SSSR count). The van der Waals surface area contributed by atoms with Crippen molar-refractivity contribution in [2.45, 2.75) is 43.6 Å². The van der Waals surface area contributed by atoms with Gasteiger partial charge in [0, 0.05) is 6.07 Å². The van der Waals surface area contributed by atoms with Gasteiger partial charge in [0.05, 0.1) is 16.7 Å². The molecule has 1 N–H and O–H groups in total. The Morgan fingerprint density at radius 1 is 1.08 bits per heavy atom. The van der Waals surface area contributed by atoms with E-state index in [0.717, 1.165) is 37.3 Å². The van der Waals surface area contributed by atoms with Crippen molar-refractivity contribution in [2.24, 2.45) is 0 Å². The van der Waals surface area contributed by atoms with Crippen LogP contribution in [-0.4, -0.2) is 14.5 Å². The standard InChI is InChI=1S/C18H20FNO3S/c1-13-6-9-16(10-7-13)24(21,22)20-17-12-14(19)8-11-18(17)23-15-4-2-3-5-15/h6-12,15,20H,2-5H2,1H3. The summed E-state index contributed by atoms with van der Waals surface area (Å²) in [6.07, 6.45) is 4.11. The maximum Gasteiger partial charge on any atom is 0.262 e. The lowest BCUT2D eigenvalue weighted by molar-refractivity contribution is 0.211. The summed E-state index contributed by atoms with van der Waals surface area (Å²) in [4.78, 5) is 0.129. The molecule has 1 aliphatic carbocycles. The van der Waals surface area contributed by atoms with Gasteiger partial charge >= 0.3 is 0 Å². The van der Waals surface area contributed by atoms with E-state index < -0.39 is 15.8 Å². The molecule has 0 saturated heterocycles. The van der Waals surface area contributed by atoms with E-state index in [2.05, 4.69) is 4.72 Å². The van der Waals surface area contributed by atoms with Gasteiger partial charge in [-0.25, -0.2) is 12.8 Å². The minimum atomic E-state index is -3.80. The van der Waals surface area contributed by atoms with Crippen molar-refractivity contribution in [3.63, 3.8) is 0 Å². The monoisotopic (exact) mass is 349 g/mol. The second-order valence-corrected chi connectivity index (χ2v) is 7.77. The summed E-state index contributed by atoms with van der Waals surface area (Å²) in [6, 6.07) is 10.4. The normalized spacial score (nSPS) is 15.4. The van der Waals surface area contributed by atoms with E-state index in [1.165, 1.54) is 24.3 Å². The second-order valence-electron chi connectivity index (χ2n) is 6.08. The molecular weight excluding hydrogens is 329 g/mol. The summed E-state index contributed by atoms with van der Waals surface area (Å²) in [7, 11) is -3.80. The highest BCUT2D eigenvalue weighted by molar-refractivity contribution is 7.92. The molecule has 1 aliphatic rings. The van der Waals surface area contributed by atoms with Crippen molar-refractivity contribution >= 4 is 15.7 Å². The minimum absolute atomic E-state index is 0.0538. The number of rotatable bonds is 5. The van der Waals surface area contributed by atoms with Crippen molar-refractivity contribution in [3.8, 4) is 5.75 Å². The molecule has 0 unspecified atom stereocenters. The lowest BCUT2D eigenvalue weighted by Crippen LogP contribution is -2.16. The van der Waals surface area contributed by atoms with E-state index >= 15 is 0 Å². The maximum atomic E-state index is 13.6. The predicted molar refractivity (Wildman–Crippen MR) is 91.3 cm³/mol. The van der Waals surface area contributed by atoms with Gasteiger partial charge in [-0.05, 0) is 56.9 Å². The first-order chi connectivity index (χ1) is 11.4. The van der Waals surface area contributed by atoms with Crippen molar-refractivity contribution in [1.82, 2.24) is 0 Å². The third-order valence-corrected chi connectivity index (χ3v) is 5.49. The van der Waals surface area contributed by atoms with Crippen LogP contribution in [0.4, 0.5) is 10.1 Å². The van der Waals surface area contributed by atoms with Gasteiger partial charge in [0.25, 0.3) is 10.0 Å². The van der Waals surface area contributed by atoms with E-state index in [1.54, 1.807) is 12.1 Å². The lowest BCUT2D eigenvalue weighted by Gasteiger charge is -2.17. The van der Waals surface area contributed by atoms with Crippen LogP contribution in [0.2, 0.25) is 0 Å². The van der Waals surface area contributed by atoms with Crippen molar-refractivity contribution < 1.29 is 17.5 Å². The van der Waals surface area contributed by atoms with Gasteiger partial charge in [-0.15, -0.1) is 0 Å². The van der Waals surface area contributed by atoms with Crippen LogP contribution in [0.3, 0.4) is 0 Å². The zero-order chi connectivity index (χ0) is 17.2. The van der Waals surface area contributed by atoms with Crippen LogP contribution in [0.5, 0.6) is 5.75 Å². The number of hydrogen-bond acceptors (Lipinski definition) is 3. The zero-order valence-corrected chi connectivity index (χ0v) is 14.3. The highest BCUT2D eigenvalue weighted by atomic mass is 32.2. The number of ether oxygens (including phenoxy) is 1. The van der Waals surface area contributed by atoms with Gasteiger partial charge in [-0.3, -0.25) is 4.72 Å². The average Bonchev–Trinajstić information content (AvgIpc) is 3.03. The van der Waals surface area contributed by atoms with Crippen LogP contribution in [0.1, 0.15) is 31.2 Å². The Bertz CT molecular complexity index is 813. The third-order valence-electron chi connectivity index (χ3n) is 4.11. The number of hydrogen-bond donors (Lipinski definition) is 1. The molecule has 0 heterocycles. The van der Waals surface area contributed by atoms with Crippen LogP contribution in [0.15, 0.2) is 47.4 Å². The topological polar surface area (TPSA) is 55.4 Å². The molecule has 128 valence electrons. The largest absolute Gasteiger partial charge is 0.488 e. The van der Waals surface area contributed by atoms with E-state index in [9.17, 15) is 12.8 Å². The van der Waals surface area contributed by atoms with Crippen LogP contribution < -0.4 is 9.46 Å². The molecule has 2 aromatic carbocycles. The van der Waals surface area contributed by atoms with Crippen molar-refractivity contribution in [1.29, 1.82) is 0 Å². The first-order valence-corrected chi connectivity index (χ1v) is 9.48. The van der Waals surface area contributed by atoms with Crippen molar-refractivity contribution in [2.75, 3.05) is 4.72 Å². The molecule has 0 amide bonds. The molecule has 2 aromatic rings. The molecule has 4 nitrogen and oxygen atoms in total. The SMILES string of the molecule is Cc1ccc(S(=O)(=O)Nc2cc(F)ccc2OC2CCCC2)cc1. The second kappa shape index (κ2) is 6.81. The highest BCUT2D eigenvalue weighted by Gasteiger charge is 2.21. The summed E-state index contributed by atoms with van der Waals surface area (Å²) in [5, 5.41) is 0. The Labute approximate surface area is 141 Å². The fraction of sp³-hybridized carbons (Fsp3) is 0.333. The number of benzene rings is 2. The quantitative estimate of drug-likeness (QED) is 0.878. The molecule has 0 aromatic heterocycles. The number of halogens is 1. The fourth-order valence-electron chi connectivity index (χ4n) is 2.79. The lowest BCUT2D eigenvalue weighted by atomic mass is 10.2. The van der Waals surface area contributed by atoms with Gasteiger partial charge in [-0.2, -0.15) is 0 Å². The number of sulfonamides is 1. The molecule has 0 spiro atoms. The molecule has 1 saturated carbocycles. The molecule has 0 aliphatic heterocycles. The van der Waals surface area contributed by atoms with Gasteiger partial charge in [0.1, 0.15) is 11.6 Å². The minimum Gasteiger partial charge on any atom is -0.488 e. The Kier molecular flexibility index (Phi) is 4.76. The first kappa shape index (κ1) is 16.8. The van der Waals surface area contributed by atoms with Crippen LogP contribution in [-0.2, 0) is 10.0 Å². The Morgan fingerprint density at radius 3 is 2.42 bits per heavy atom. The molecule has 0 bridgehead atoms. The predicted octanol–water partition coefficient (Wildman–Crippen LogP) is 4.26. The Morgan fingerprint density at radius 2 is 1.75 bits per heavy atom. The smallest absolute Gasteiger partial charge is 0.262 e. The third kappa shape index (κ3) is 3.87. The zero-order valence-electron chi connectivity index (χ0n) is 13.5. The van der Waals surface area contributed by atoms with Gasteiger partial charge in [0.15, 0.2) is 0 Å². The van der Waals surface area contributed by atoms with E-state index in [1.807, 2.05) is 6.92 Å². The highest BCUT2D eigenvalue weighted by Crippen LogP contribution is 2.32. The summed E-state index contributed by atoms with van der Waals surface area (Å²) in [5.41, 5.74) is 1.09. The number of aryl methyl sites for hydroxylation is 1. The summed E-state index contributed by atoms with van der Waals surface area (Å²) in [5.74, 6) is -0.158. The molecule has 0 radical (unpaired) electrons. The number of anilines is 1. The van der Waals surface area contributed by atoms with Crippen molar-refractivity contribution in [3.05, 3.63) is 53.8 Å². The van der Waals surface area contributed by atoms with E-state index in [0.29, 0.717) is 5.75 Å². The summed E-state index contributed by atoms with van der Waals surface area (Å²) in [6.45, 7) is 1.88. The van der Waals surface area contributed by atoms with Crippen LogP contribution in [0, 0.1) is 12.7 Å². The van der Waals surface area contributed by atoms with E-state index in [-0.39, 0.29) is 16.7 Å². The molecule has 0 atom stereocenters. The first-order valence-electron chi connectivity index (χ1n) is 8.00.